The molecule has 1 amide bonds. The third-order valence-electron chi connectivity index (χ3n) is 12.1. The maximum Gasteiger partial charge on any atom is 0.220 e. The normalized spacial score (nSPS) is 20.3. The zero-order chi connectivity index (χ0) is 52.9. The highest BCUT2D eigenvalue weighted by Crippen LogP contribution is 2.22. The van der Waals surface area contributed by atoms with Crippen LogP contribution in [-0.2, 0) is 14.3 Å². The van der Waals surface area contributed by atoms with Gasteiger partial charge < -0.3 is 40.3 Å². The summed E-state index contributed by atoms with van der Waals surface area (Å²) >= 11 is 0. The number of aliphatic hydroxyl groups is 5. The highest BCUT2D eigenvalue weighted by molar-refractivity contribution is 5.76. The fraction of sp³-hybridized carbons (Fsp3) is 0.578. The van der Waals surface area contributed by atoms with Crippen molar-refractivity contribution in [2.45, 2.75) is 224 Å². The lowest BCUT2D eigenvalue weighted by Crippen LogP contribution is -2.60. The van der Waals surface area contributed by atoms with E-state index in [9.17, 15) is 30.3 Å². The molecule has 1 saturated heterocycles. The van der Waals surface area contributed by atoms with E-state index in [0.29, 0.717) is 12.8 Å². The maximum absolute atomic E-state index is 13.0. The number of allylic oxidation sites excluding steroid dienone is 25. The Morgan fingerprint density at radius 1 is 0.479 bits per heavy atom. The van der Waals surface area contributed by atoms with Gasteiger partial charge >= 0.3 is 0 Å². The zero-order valence-electron chi connectivity index (χ0n) is 45.3. The molecule has 0 aliphatic carbocycles. The Morgan fingerprint density at radius 2 is 0.863 bits per heavy atom. The van der Waals surface area contributed by atoms with Gasteiger partial charge in [-0.15, -0.1) is 0 Å². The quantitative estimate of drug-likeness (QED) is 0.0261. The Morgan fingerprint density at radius 3 is 1.32 bits per heavy atom. The molecule has 6 N–H and O–H groups in total. The summed E-state index contributed by atoms with van der Waals surface area (Å²) in [4.78, 5) is 13.0. The molecular formula is C64H101NO8. The molecule has 1 aliphatic rings. The van der Waals surface area contributed by atoms with E-state index in [1.807, 2.05) is 6.08 Å². The van der Waals surface area contributed by atoms with Crippen LogP contribution in [0.2, 0.25) is 0 Å². The van der Waals surface area contributed by atoms with Crippen molar-refractivity contribution in [3.8, 4) is 0 Å². The summed E-state index contributed by atoms with van der Waals surface area (Å²) in [5, 5.41) is 54.4. The van der Waals surface area contributed by atoms with E-state index >= 15 is 0 Å². The van der Waals surface area contributed by atoms with Crippen molar-refractivity contribution >= 4 is 5.91 Å². The number of ether oxygens (including phenoxy) is 2. The molecule has 0 bridgehead atoms. The molecule has 7 atom stereocenters. The predicted molar refractivity (Wildman–Crippen MR) is 308 cm³/mol. The number of aliphatic hydroxyl groups excluding tert-OH is 5. The van der Waals surface area contributed by atoms with Crippen molar-refractivity contribution in [2.24, 2.45) is 0 Å². The molecule has 1 heterocycles. The van der Waals surface area contributed by atoms with E-state index in [4.69, 9.17) is 9.47 Å². The maximum atomic E-state index is 13.0. The molecule has 1 fully saturated rings. The lowest BCUT2D eigenvalue weighted by atomic mass is 9.99. The van der Waals surface area contributed by atoms with E-state index in [0.717, 1.165) is 103 Å². The first kappa shape index (κ1) is 66.8. The van der Waals surface area contributed by atoms with Gasteiger partial charge in [-0.25, -0.2) is 0 Å². The second-order valence-electron chi connectivity index (χ2n) is 18.6. The number of hydrogen-bond acceptors (Lipinski definition) is 8. The molecule has 0 aromatic heterocycles. The van der Waals surface area contributed by atoms with Crippen LogP contribution in [0.3, 0.4) is 0 Å². The lowest BCUT2D eigenvalue weighted by Gasteiger charge is -2.40. The highest BCUT2D eigenvalue weighted by Gasteiger charge is 2.44. The Kier molecular flexibility index (Phi) is 47.0. The molecule has 0 aromatic carbocycles. The fourth-order valence-electron chi connectivity index (χ4n) is 7.63. The standard InChI is InChI=1S/C64H101NO8/c1-3-5-7-9-11-13-15-17-19-21-22-23-24-25-26-27-28-29-30-31-32-33-34-35-36-38-40-42-44-46-48-50-52-54-60(68)65-57(56-72-64-63(71)62(70)61(69)59(55-66)73-64)58(67)53-51-49-47-45-43-41-39-37-20-18-16-14-12-10-8-6-4-2/h5,7,11,13,17,19-20,22-23,25-26,28-29,31-32,34-35,37-38,40,43-46,51,53,57-59,61-64,66-67,69-71H,3-4,6,8-10,12,14-16,18,21,24,27,30,33,36,39,41-42,47-50,52,54-56H2,1-2H3,(H,65,68)/b7-5-,13-11-,19-17-,23-22-,26-25-,29-28-,32-31-,35-34-,37-20+,40-38-,45-43+,46-44-,53-51+. The van der Waals surface area contributed by atoms with Crippen molar-refractivity contribution in [3.63, 3.8) is 0 Å². The summed E-state index contributed by atoms with van der Waals surface area (Å²) in [5.41, 5.74) is 0. The average molecular weight is 1010 g/mol. The minimum absolute atomic E-state index is 0.235. The second-order valence-corrected chi connectivity index (χ2v) is 18.6. The molecule has 1 aliphatic heterocycles. The van der Waals surface area contributed by atoms with Crippen LogP contribution in [0.4, 0.5) is 0 Å². The van der Waals surface area contributed by atoms with Crippen molar-refractivity contribution in [1.29, 1.82) is 0 Å². The van der Waals surface area contributed by atoms with Gasteiger partial charge in [0.05, 0.1) is 25.4 Å². The number of rotatable bonds is 45. The number of unbranched alkanes of at least 4 members (excludes halogenated alkanes) is 11. The fourth-order valence-corrected chi connectivity index (χ4v) is 7.63. The molecule has 7 unspecified atom stereocenters. The van der Waals surface area contributed by atoms with Gasteiger partial charge in [0.15, 0.2) is 6.29 Å². The molecule has 0 radical (unpaired) electrons. The molecule has 9 nitrogen and oxygen atoms in total. The topological polar surface area (TPSA) is 149 Å². The van der Waals surface area contributed by atoms with Crippen LogP contribution in [0, 0.1) is 0 Å². The number of hydrogen-bond donors (Lipinski definition) is 6. The SMILES string of the molecule is CC/C=C\C/C=C\C/C=C\C/C=C\C/C=C\C/C=C\C/C=C\C/C=C\C/C=C\C/C=C\CCCCC(=O)NC(COC1OC(CO)C(O)C(O)C1O)C(O)/C=C/CC/C=C/CC/C=C/CCCCCCCCC. The van der Waals surface area contributed by atoms with Crippen LogP contribution >= 0.6 is 0 Å². The van der Waals surface area contributed by atoms with Crippen LogP contribution in [0.5, 0.6) is 0 Å². The molecule has 1 rings (SSSR count). The van der Waals surface area contributed by atoms with Gasteiger partial charge in [0.25, 0.3) is 0 Å². The van der Waals surface area contributed by atoms with Crippen LogP contribution in [0.15, 0.2) is 158 Å². The highest BCUT2D eigenvalue weighted by atomic mass is 16.7. The Labute approximate surface area is 444 Å². The average Bonchev–Trinajstić information content (AvgIpc) is 3.39. The first-order valence-corrected chi connectivity index (χ1v) is 28.2. The minimum Gasteiger partial charge on any atom is -0.394 e. The van der Waals surface area contributed by atoms with E-state index in [1.54, 1.807) is 6.08 Å². The molecule has 410 valence electrons. The third-order valence-corrected chi connectivity index (χ3v) is 12.1. The van der Waals surface area contributed by atoms with Gasteiger partial charge in [-0.1, -0.05) is 210 Å². The van der Waals surface area contributed by atoms with Crippen molar-refractivity contribution in [1.82, 2.24) is 5.32 Å². The smallest absolute Gasteiger partial charge is 0.220 e. The lowest BCUT2D eigenvalue weighted by molar-refractivity contribution is -0.302. The van der Waals surface area contributed by atoms with E-state index in [1.165, 1.54) is 44.9 Å². The third kappa shape index (κ3) is 40.8. The predicted octanol–water partition coefficient (Wildman–Crippen LogP) is 14.1. The van der Waals surface area contributed by atoms with Gasteiger partial charge in [0, 0.05) is 6.42 Å². The molecule has 0 saturated carbocycles. The Hall–Kier alpha value is -4.19. The van der Waals surface area contributed by atoms with Crippen LogP contribution in [0.25, 0.3) is 0 Å². The molecule has 9 heteroatoms. The van der Waals surface area contributed by atoms with Gasteiger partial charge in [-0.2, -0.15) is 0 Å². The van der Waals surface area contributed by atoms with E-state index in [2.05, 4.69) is 165 Å². The first-order chi connectivity index (χ1) is 35.8. The van der Waals surface area contributed by atoms with Crippen molar-refractivity contribution in [2.75, 3.05) is 13.2 Å². The van der Waals surface area contributed by atoms with Crippen molar-refractivity contribution in [3.05, 3.63) is 158 Å². The molecule has 0 aromatic rings. The summed E-state index contributed by atoms with van der Waals surface area (Å²) in [7, 11) is 0. The Bertz CT molecular complexity index is 1690. The monoisotopic (exact) mass is 1010 g/mol. The summed E-state index contributed by atoms with van der Waals surface area (Å²) in [6.45, 7) is 3.59. The van der Waals surface area contributed by atoms with Gasteiger partial charge in [-0.05, 0) is 122 Å². The minimum atomic E-state index is -1.59. The van der Waals surface area contributed by atoms with E-state index in [-0.39, 0.29) is 18.9 Å². The second kappa shape index (κ2) is 51.3. The molecule has 0 spiro atoms. The van der Waals surface area contributed by atoms with Gasteiger partial charge in [-0.3, -0.25) is 4.79 Å². The first-order valence-electron chi connectivity index (χ1n) is 28.2. The number of carbonyl (C=O) groups is 1. The van der Waals surface area contributed by atoms with E-state index < -0.39 is 49.5 Å². The summed E-state index contributed by atoms with van der Waals surface area (Å²) < 4.78 is 11.2. The van der Waals surface area contributed by atoms with Gasteiger partial charge in [0.1, 0.15) is 24.4 Å². The molecular weight excluding hydrogens is 911 g/mol. The van der Waals surface area contributed by atoms with Crippen molar-refractivity contribution < 1.29 is 39.8 Å². The number of nitrogens with one attached hydrogen (secondary N) is 1. The van der Waals surface area contributed by atoms with Gasteiger partial charge in [0.2, 0.25) is 5.91 Å². The largest absolute Gasteiger partial charge is 0.394 e. The summed E-state index contributed by atoms with van der Waals surface area (Å²) in [6, 6.07) is -0.864. The zero-order valence-corrected chi connectivity index (χ0v) is 45.3. The number of carbonyl (C=O) groups excluding carboxylic acids is 1. The van der Waals surface area contributed by atoms with Crippen LogP contribution in [0.1, 0.15) is 181 Å². The Balaban J connectivity index is 2.32. The summed E-state index contributed by atoms with van der Waals surface area (Å²) in [5.74, 6) is -0.241. The number of amides is 1. The molecule has 73 heavy (non-hydrogen) atoms. The van der Waals surface area contributed by atoms with Crippen LogP contribution in [-0.4, -0.2) is 87.5 Å². The summed E-state index contributed by atoms with van der Waals surface area (Å²) in [6.07, 6.45) is 74.4. The van der Waals surface area contributed by atoms with Crippen LogP contribution < -0.4 is 5.32 Å².